The van der Waals surface area contributed by atoms with Gasteiger partial charge in [0.15, 0.2) is 0 Å². The van der Waals surface area contributed by atoms with Crippen LogP contribution in [0.4, 0.5) is 0 Å². The molecule has 1 aliphatic heterocycles. The van der Waals surface area contributed by atoms with Gasteiger partial charge >= 0.3 is 0 Å². The van der Waals surface area contributed by atoms with Crippen LogP contribution >= 0.6 is 0 Å². The number of hydrogen-bond acceptors (Lipinski definition) is 4. The van der Waals surface area contributed by atoms with Crippen molar-refractivity contribution in [1.29, 1.82) is 0 Å². The highest BCUT2D eigenvalue weighted by Crippen LogP contribution is 2.26. The average molecular weight is 303 g/mol. The van der Waals surface area contributed by atoms with E-state index in [9.17, 15) is 8.42 Å². The molecule has 5 nitrogen and oxygen atoms in total. The molecule has 2 fully saturated rings. The van der Waals surface area contributed by atoms with Crippen LogP contribution in [0, 0.1) is 0 Å². The molecule has 1 saturated heterocycles. The molecule has 1 saturated carbocycles. The lowest BCUT2D eigenvalue weighted by atomic mass is 10.0. The summed E-state index contributed by atoms with van der Waals surface area (Å²) in [5.74, 6) is 0. The Morgan fingerprint density at radius 1 is 1.10 bits per heavy atom. The van der Waals surface area contributed by atoms with E-state index in [0.29, 0.717) is 25.7 Å². The van der Waals surface area contributed by atoms with Crippen LogP contribution in [0.15, 0.2) is 0 Å². The molecule has 0 aromatic carbocycles. The average Bonchev–Trinajstić information content (AvgIpc) is 2.50. The van der Waals surface area contributed by atoms with E-state index < -0.39 is 10.0 Å². The number of rotatable bonds is 5. The summed E-state index contributed by atoms with van der Waals surface area (Å²) >= 11 is 0. The van der Waals surface area contributed by atoms with E-state index in [1.807, 2.05) is 0 Å². The summed E-state index contributed by atoms with van der Waals surface area (Å²) in [5, 5.41) is -0.126. The van der Waals surface area contributed by atoms with Crippen molar-refractivity contribution in [2.45, 2.75) is 56.7 Å². The molecule has 118 valence electrons. The molecule has 0 spiro atoms. The van der Waals surface area contributed by atoms with Crippen LogP contribution < -0.4 is 5.73 Å². The zero-order valence-corrected chi connectivity index (χ0v) is 13.4. The Morgan fingerprint density at radius 2 is 1.70 bits per heavy atom. The third kappa shape index (κ3) is 3.53. The SMILES string of the molecule is CCC(CN)N1CCN(S(=O)(=O)C2CCCCC2)CC1. The first-order valence-electron chi connectivity index (χ1n) is 8.02. The predicted octanol–water partition coefficient (Wildman–Crippen LogP) is 1.00. The van der Waals surface area contributed by atoms with Crippen LogP contribution in [0.2, 0.25) is 0 Å². The number of hydrogen-bond donors (Lipinski definition) is 1. The van der Waals surface area contributed by atoms with Gasteiger partial charge in [-0.25, -0.2) is 8.42 Å². The lowest BCUT2D eigenvalue weighted by Crippen LogP contribution is -2.55. The van der Waals surface area contributed by atoms with Gasteiger partial charge in [-0.3, -0.25) is 4.90 Å². The highest BCUT2D eigenvalue weighted by Gasteiger charge is 2.35. The smallest absolute Gasteiger partial charge is 0.217 e. The fourth-order valence-electron chi connectivity index (χ4n) is 3.47. The van der Waals surface area contributed by atoms with E-state index in [1.165, 1.54) is 6.42 Å². The molecule has 0 amide bonds. The molecule has 20 heavy (non-hydrogen) atoms. The van der Waals surface area contributed by atoms with Crippen LogP contribution in [0.1, 0.15) is 45.4 Å². The van der Waals surface area contributed by atoms with Gasteiger partial charge in [0, 0.05) is 38.8 Å². The summed E-state index contributed by atoms with van der Waals surface area (Å²) in [5.41, 5.74) is 5.78. The predicted molar refractivity (Wildman–Crippen MR) is 82.1 cm³/mol. The Bertz CT molecular complexity index is 381. The second-order valence-electron chi connectivity index (χ2n) is 6.04. The Labute approximate surface area is 123 Å². The van der Waals surface area contributed by atoms with Crippen molar-refractivity contribution in [3.8, 4) is 0 Å². The topological polar surface area (TPSA) is 66.6 Å². The molecule has 0 aromatic rings. The van der Waals surface area contributed by atoms with Crippen molar-refractivity contribution >= 4 is 10.0 Å². The van der Waals surface area contributed by atoms with E-state index in [4.69, 9.17) is 5.73 Å². The standard InChI is InChI=1S/C14H29N3O2S/c1-2-13(12-15)16-8-10-17(11-9-16)20(18,19)14-6-4-3-5-7-14/h13-14H,2-12,15H2,1H3. The fraction of sp³-hybridized carbons (Fsp3) is 1.00. The molecule has 2 aliphatic rings. The zero-order chi connectivity index (χ0) is 14.6. The van der Waals surface area contributed by atoms with Crippen molar-refractivity contribution in [3.63, 3.8) is 0 Å². The Morgan fingerprint density at radius 3 is 2.20 bits per heavy atom. The lowest BCUT2D eigenvalue weighted by Gasteiger charge is -2.39. The van der Waals surface area contributed by atoms with Crippen molar-refractivity contribution in [2.24, 2.45) is 5.73 Å². The van der Waals surface area contributed by atoms with Gasteiger partial charge in [-0.2, -0.15) is 4.31 Å². The third-order valence-electron chi connectivity index (χ3n) is 4.87. The first-order valence-corrected chi connectivity index (χ1v) is 9.53. The van der Waals surface area contributed by atoms with Gasteiger partial charge in [0.05, 0.1) is 5.25 Å². The van der Waals surface area contributed by atoms with Gasteiger partial charge in [0.2, 0.25) is 10.0 Å². The maximum Gasteiger partial charge on any atom is 0.217 e. The van der Waals surface area contributed by atoms with Crippen LogP contribution in [-0.4, -0.2) is 61.6 Å². The number of nitrogens with zero attached hydrogens (tertiary/aromatic N) is 2. The molecule has 0 radical (unpaired) electrons. The van der Waals surface area contributed by atoms with E-state index in [-0.39, 0.29) is 5.25 Å². The number of piperazine rings is 1. The molecule has 1 atom stereocenters. The van der Waals surface area contributed by atoms with Crippen LogP contribution in [-0.2, 0) is 10.0 Å². The maximum absolute atomic E-state index is 12.6. The van der Waals surface area contributed by atoms with Gasteiger partial charge in [-0.1, -0.05) is 26.2 Å². The van der Waals surface area contributed by atoms with E-state index in [0.717, 1.165) is 45.2 Å². The van der Waals surface area contributed by atoms with Gasteiger partial charge in [0.1, 0.15) is 0 Å². The quantitative estimate of drug-likeness (QED) is 0.823. The van der Waals surface area contributed by atoms with Crippen molar-refractivity contribution < 1.29 is 8.42 Å². The van der Waals surface area contributed by atoms with Crippen molar-refractivity contribution in [3.05, 3.63) is 0 Å². The molecule has 2 rings (SSSR count). The molecular formula is C14H29N3O2S. The zero-order valence-electron chi connectivity index (χ0n) is 12.6. The van der Waals surface area contributed by atoms with Gasteiger partial charge in [0.25, 0.3) is 0 Å². The van der Waals surface area contributed by atoms with E-state index in [1.54, 1.807) is 4.31 Å². The molecule has 6 heteroatoms. The summed E-state index contributed by atoms with van der Waals surface area (Å²) in [6.07, 6.45) is 6.05. The summed E-state index contributed by atoms with van der Waals surface area (Å²) < 4.78 is 27.0. The van der Waals surface area contributed by atoms with E-state index >= 15 is 0 Å². The van der Waals surface area contributed by atoms with Crippen molar-refractivity contribution in [1.82, 2.24) is 9.21 Å². The van der Waals surface area contributed by atoms with Gasteiger partial charge in [-0.15, -0.1) is 0 Å². The number of nitrogens with two attached hydrogens (primary N) is 1. The molecule has 0 bridgehead atoms. The van der Waals surface area contributed by atoms with Crippen LogP contribution in [0.25, 0.3) is 0 Å². The Hall–Kier alpha value is -0.170. The largest absolute Gasteiger partial charge is 0.329 e. The number of sulfonamides is 1. The summed E-state index contributed by atoms with van der Waals surface area (Å²) in [4.78, 5) is 2.34. The normalized spacial score (nSPS) is 25.7. The van der Waals surface area contributed by atoms with E-state index in [2.05, 4.69) is 11.8 Å². The maximum atomic E-state index is 12.6. The Balaban J connectivity index is 1.92. The highest BCUT2D eigenvalue weighted by molar-refractivity contribution is 7.89. The second-order valence-corrected chi connectivity index (χ2v) is 8.25. The Kier molecular flexibility index (Phi) is 5.84. The lowest BCUT2D eigenvalue weighted by molar-refractivity contribution is 0.136. The summed E-state index contributed by atoms with van der Waals surface area (Å²) in [7, 11) is -3.07. The van der Waals surface area contributed by atoms with Gasteiger partial charge in [-0.05, 0) is 19.3 Å². The molecule has 2 N–H and O–H groups in total. The molecule has 0 aromatic heterocycles. The summed E-state index contributed by atoms with van der Waals surface area (Å²) in [6, 6.07) is 0.398. The monoisotopic (exact) mass is 303 g/mol. The molecule has 1 heterocycles. The minimum Gasteiger partial charge on any atom is -0.329 e. The summed E-state index contributed by atoms with van der Waals surface area (Å²) in [6.45, 7) is 5.71. The van der Waals surface area contributed by atoms with Gasteiger partial charge < -0.3 is 5.73 Å². The van der Waals surface area contributed by atoms with Crippen molar-refractivity contribution in [2.75, 3.05) is 32.7 Å². The van der Waals surface area contributed by atoms with Crippen LogP contribution in [0.5, 0.6) is 0 Å². The van der Waals surface area contributed by atoms with Crippen LogP contribution in [0.3, 0.4) is 0 Å². The molecular weight excluding hydrogens is 274 g/mol. The second kappa shape index (κ2) is 7.20. The third-order valence-corrected chi connectivity index (χ3v) is 7.27. The minimum atomic E-state index is -3.07. The minimum absolute atomic E-state index is 0.126. The molecule has 1 unspecified atom stereocenters. The highest BCUT2D eigenvalue weighted by atomic mass is 32.2. The fourth-order valence-corrected chi connectivity index (χ4v) is 5.49. The first kappa shape index (κ1) is 16.2. The first-order chi connectivity index (χ1) is 9.59. The molecule has 1 aliphatic carbocycles.